The Kier molecular flexibility index (Phi) is 6.37. The number of ether oxygens (including phenoxy) is 2. The van der Waals surface area contributed by atoms with Gasteiger partial charge < -0.3 is 29.3 Å². The maximum Gasteiger partial charge on any atom is 0.407 e. The number of alkyl carbamates (subject to hydrolysis) is 1. The van der Waals surface area contributed by atoms with Gasteiger partial charge in [0.15, 0.2) is 18.1 Å². The smallest absolute Gasteiger partial charge is 0.407 e. The number of carboxylic acid groups (broad SMARTS) is 1. The molecule has 0 radical (unpaired) electrons. The molecule has 2 N–H and O–H groups in total. The van der Waals surface area contributed by atoms with Crippen LogP contribution in [0.5, 0.6) is 0 Å². The first-order valence-corrected chi connectivity index (χ1v) is 9.47. The Morgan fingerprint density at radius 2 is 2.00 bits per heavy atom. The summed E-state index contributed by atoms with van der Waals surface area (Å²) in [7, 11) is 0. The number of carbonyl (C=O) groups is 3. The van der Waals surface area contributed by atoms with E-state index >= 15 is 0 Å². The average Bonchev–Trinajstić information content (AvgIpc) is 3.34. The van der Waals surface area contributed by atoms with E-state index < -0.39 is 18.2 Å². The van der Waals surface area contributed by atoms with Crippen LogP contribution < -0.4 is 5.32 Å². The highest BCUT2D eigenvalue weighted by molar-refractivity contribution is 5.87. The van der Waals surface area contributed by atoms with Crippen LogP contribution in [0.1, 0.15) is 42.4 Å². The zero-order valence-corrected chi connectivity index (χ0v) is 15.8. The predicted molar refractivity (Wildman–Crippen MR) is 94.6 cm³/mol. The molecule has 1 aromatic rings. The van der Waals surface area contributed by atoms with Crippen LogP contribution in [0.2, 0.25) is 0 Å². The van der Waals surface area contributed by atoms with Gasteiger partial charge in [-0.1, -0.05) is 5.16 Å². The summed E-state index contributed by atoms with van der Waals surface area (Å²) in [6.07, 6.45) is 1.44. The van der Waals surface area contributed by atoms with E-state index in [4.69, 9.17) is 19.1 Å². The number of esters is 1. The molecule has 0 aromatic carbocycles. The highest BCUT2D eigenvalue weighted by atomic mass is 16.6. The van der Waals surface area contributed by atoms with Gasteiger partial charge in [-0.15, -0.1) is 0 Å². The van der Waals surface area contributed by atoms with Gasteiger partial charge in [-0.3, -0.25) is 0 Å². The van der Waals surface area contributed by atoms with Gasteiger partial charge in [-0.05, 0) is 43.9 Å². The van der Waals surface area contributed by atoms with Crippen LogP contribution in [0.3, 0.4) is 0 Å². The van der Waals surface area contributed by atoms with E-state index in [9.17, 15) is 14.4 Å². The van der Waals surface area contributed by atoms with E-state index in [1.54, 1.807) is 6.92 Å². The van der Waals surface area contributed by atoms with Crippen molar-refractivity contribution in [1.82, 2.24) is 15.4 Å². The number of nitrogens with zero attached hydrogens (tertiary/aromatic N) is 2. The van der Waals surface area contributed by atoms with Gasteiger partial charge >= 0.3 is 18.2 Å². The highest BCUT2D eigenvalue weighted by Crippen LogP contribution is 2.42. The fraction of sp³-hybridized carbons (Fsp3) is 0.667. The third-order valence-electron chi connectivity index (χ3n) is 5.33. The number of hydrogen-bond acceptors (Lipinski definition) is 7. The Morgan fingerprint density at radius 3 is 2.64 bits per heavy atom. The normalized spacial score (nSPS) is 23.3. The van der Waals surface area contributed by atoms with Gasteiger partial charge in [0.1, 0.15) is 0 Å². The Bertz CT molecular complexity index is 706. The van der Waals surface area contributed by atoms with E-state index in [1.807, 2.05) is 0 Å². The average molecular weight is 395 g/mol. The monoisotopic (exact) mass is 395 g/mol. The third-order valence-corrected chi connectivity index (χ3v) is 5.33. The molecule has 28 heavy (non-hydrogen) atoms. The first-order chi connectivity index (χ1) is 13.5. The quantitative estimate of drug-likeness (QED) is 0.671. The molecule has 3 rings (SSSR count). The maximum absolute atomic E-state index is 11.8. The maximum atomic E-state index is 11.8. The van der Waals surface area contributed by atoms with Crippen LogP contribution in [0, 0.1) is 17.8 Å². The molecular formula is C18H25N3O7. The van der Waals surface area contributed by atoms with Gasteiger partial charge in [0, 0.05) is 25.7 Å². The van der Waals surface area contributed by atoms with Crippen LogP contribution in [0.4, 0.5) is 9.59 Å². The molecule has 0 bridgehead atoms. The molecule has 1 saturated heterocycles. The predicted octanol–water partition coefficient (Wildman–Crippen LogP) is 2.10. The number of likely N-dealkylation sites (tertiary alicyclic amines) is 1. The third kappa shape index (κ3) is 4.93. The fourth-order valence-corrected chi connectivity index (χ4v) is 4.07. The number of fused-ring (bicyclic) bond motifs is 1. The summed E-state index contributed by atoms with van der Waals surface area (Å²) in [5, 5.41) is 15.3. The SMILES string of the molecule is CCOC(=O)c1cc(COC(=O)NCC[C@@H]2C[C@@H]3CN(C(=O)O)C[C@@H]3C2)on1. The number of nitrogens with one attached hydrogen (secondary N) is 1. The van der Waals surface area contributed by atoms with Crippen molar-refractivity contribution < 1.29 is 33.5 Å². The van der Waals surface area contributed by atoms with Crippen molar-refractivity contribution in [2.75, 3.05) is 26.2 Å². The number of carbonyl (C=O) groups excluding carboxylic acids is 2. The van der Waals surface area contributed by atoms with E-state index in [0.717, 1.165) is 19.3 Å². The molecule has 10 nitrogen and oxygen atoms in total. The van der Waals surface area contributed by atoms with Crippen molar-refractivity contribution in [3.05, 3.63) is 17.5 Å². The zero-order valence-electron chi connectivity index (χ0n) is 15.8. The van der Waals surface area contributed by atoms with Crippen molar-refractivity contribution in [3.8, 4) is 0 Å². The summed E-state index contributed by atoms with van der Waals surface area (Å²) in [6, 6.07) is 1.38. The Balaban J connectivity index is 1.31. The lowest BCUT2D eigenvalue weighted by Gasteiger charge is -2.16. The number of aromatic nitrogens is 1. The minimum atomic E-state index is -0.837. The molecule has 3 atom stereocenters. The van der Waals surface area contributed by atoms with Crippen LogP contribution in [-0.4, -0.2) is 59.6 Å². The largest absolute Gasteiger partial charge is 0.465 e. The minimum Gasteiger partial charge on any atom is -0.465 e. The van der Waals surface area contributed by atoms with Gasteiger partial charge in [0.05, 0.1) is 6.61 Å². The van der Waals surface area contributed by atoms with Crippen molar-refractivity contribution >= 4 is 18.2 Å². The first-order valence-electron chi connectivity index (χ1n) is 9.47. The molecule has 2 heterocycles. The van der Waals surface area contributed by atoms with E-state index in [1.165, 1.54) is 11.0 Å². The Morgan fingerprint density at radius 1 is 1.29 bits per heavy atom. The number of amides is 2. The van der Waals surface area contributed by atoms with Crippen molar-refractivity contribution in [3.63, 3.8) is 0 Å². The Labute approximate surface area is 162 Å². The second-order valence-electron chi connectivity index (χ2n) is 7.24. The van der Waals surface area contributed by atoms with Crippen LogP contribution in [-0.2, 0) is 16.1 Å². The highest BCUT2D eigenvalue weighted by Gasteiger charge is 2.42. The molecule has 1 aliphatic heterocycles. The molecule has 2 aliphatic rings. The number of rotatable bonds is 7. The molecule has 0 spiro atoms. The molecule has 1 aromatic heterocycles. The Hall–Kier alpha value is -2.78. The minimum absolute atomic E-state index is 0.0362. The second kappa shape index (κ2) is 8.94. The van der Waals surface area contributed by atoms with Crippen LogP contribution in [0.15, 0.2) is 10.6 Å². The number of hydrogen-bond donors (Lipinski definition) is 2. The lowest BCUT2D eigenvalue weighted by atomic mass is 10.0. The molecule has 1 saturated carbocycles. The first kappa shape index (κ1) is 20.0. The van der Waals surface area contributed by atoms with Gasteiger partial charge in [0.2, 0.25) is 0 Å². The topological polar surface area (TPSA) is 131 Å². The standard InChI is InChI=1S/C18H25N3O7/c1-2-26-16(22)15-7-14(28-20-15)10-27-17(23)19-4-3-11-5-12-8-21(18(24)25)9-13(12)6-11/h7,11-13H,2-6,8-10H2,1H3,(H,19,23)(H,24,25)/t11-,12-,13+. The van der Waals surface area contributed by atoms with Gasteiger partial charge in [-0.25, -0.2) is 14.4 Å². The van der Waals surface area contributed by atoms with Gasteiger partial charge in [-0.2, -0.15) is 0 Å². The summed E-state index contributed by atoms with van der Waals surface area (Å²) in [6.45, 7) is 3.54. The van der Waals surface area contributed by atoms with Crippen molar-refractivity contribution in [2.24, 2.45) is 17.8 Å². The second-order valence-corrected chi connectivity index (χ2v) is 7.24. The van der Waals surface area contributed by atoms with E-state index in [2.05, 4.69) is 10.5 Å². The summed E-state index contributed by atoms with van der Waals surface area (Å²) in [4.78, 5) is 35.8. The molecule has 1 aliphatic carbocycles. The summed E-state index contributed by atoms with van der Waals surface area (Å²) >= 11 is 0. The van der Waals surface area contributed by atoms with Gasteiger partial charge in [0.25, 0.3) is 0 Å². The molecule has 154 valence electrons. The lowest BCUT2D eigenvalue weighted by molar-refractivity contribution is 0.0514. The van der Waals surface area contributed by atoms with E-state index in [0.29, 0.717) is 37.4 Å². The summed E-state index contributed by atoms with van der Waals surface area (Å²) < 4.78 is 14.8. The summed E-state index contributed by atoms with van der Waals surface area (Å²) in [5.74, 6) is 1.04. The molecule has 10 heteroatoms. The van der Waals surface area contributed by atoms with E-state index in [-0.39, 0.29) is 24.7 Å². The summed E-state index contributed by atoms with van der Waals surface area (Å²) in [5.41, 5.74) is 0.0362. The van der Waals surface area contributed by atoms with Crippen molar-refractivity contribution in [2.45, 2.75) is 32.8 Å². The molecular weight excluding hydrogens is 370 g/mol. The zero-order chi connectivity index (χ0) is 20.1. The van der Waals surface area contributed by atoms with Crippen LogP contribution in [0.25, 0.3) is 0 Å². The molecule has 2 fully saturated rings. The fourth-order valence-electron chi connectivity index (χ4n) is 4.07. The molecule has 0 unspecified atom stereocenters. The lowest BCUT2D eigenvalue weighted by Crippen LogP contribution is -2.29. The van der Waals surface area contributed by atoms with Crippen molar-refractivity contribution in [1.29, 1.82) is 0 Å². The molecule has 2 amide bonds. The van der Waals surface area contributed by atoms with Crippen LogP contribution >= 0.6 is 0 Å².